The van der Waals surface area contributed by atoms with E-state index in [9.17, 15) is 9.90 Å². The van der Waals surface area contributed by atoms with Crippen LogP contribution in [0.5, 0.6) is 11.5 Å². The fourth-order valence-corrected chi connectivity index (χ4v) is 3.56. The lowest BCUT2D eigenvalue weighted by atomic mass is 10.0. The van der Waals surface area contributed by atoms with E-state index in [0.29, 0.717) is 27.5 Å². The van der Waals surface area contributed by atoms with Crippen LogP contribution in [0.15, 0.2) is 83.0 Å². The van der Waals surface area contributed by atoms with Crippen LogP contribution in [0.3, 0.4) is 0 Å². The Morgan fingerprint density at radius 2 is 1.72 bits per heavy atom. The summed E-state index contributed by atoms with van der Waals surface area (Å²) in [5, 5.41) is 24.2. The Morgan fingerprint density at radius 3 is 2.47 bits per heavy atom. The van der Waals surface area contributed by atoms with E-state index in [1.807, 2.05) is 49.4 Å². The lowest BCUT2D eigenvalue weighted by Crippen LogP contribution is -2.12. The number of carbonyl (C=O) groups excluding carboxylic acids is 1. The van der Waals surface area contributed by atoms with Crippen molar-refractivity contribution in [2.45, 2.75) is 6.92 Å². The number of anilines is 1. The summed E-state index contributed by atoms with van der Waals surface area (Å²) in [4.78, 5) is 12.9. The number of phenolic OH excluding ortho intramolecular Hbond substituents is 1. The smallest absolute Gasteiger partial charge is 0.259 e. The van der Waals surface area contributed by atoms with Gasteiger partial charge in [0.05, 0.1) is 23.4 Å². The van der Waals surface area contributed by atoms with Crippen molar-refractivity contribution < 1.29 is 14.6 Å². The minimum absolute atomic E-state index is 0.103. The van der Waals surface area contributed by atoms with Gasteiger partial charge in [-0.2, -0.15) is 5.11 Å². The molecule has 0 fully saturated rings. The largest absolute Gasteiger partial charge is 0.505 e. The number of methoxy groups -OCH3 is 1. The summed E-state index contributed by atoms with van der Waals surface area (Å²) in [6.45, 7) is 1.86. The number of hydrogen-bond donors (Lipinski definition) is 2. The number of halogens is 1. The molecule has 160 valence electrons. The Balaban J connectivity index is 1.79. The highest BCUT2D eigenvalue weighted by molar-refractivity contribution is 6.32. The third-order valence-corrected chi connectivity index (χ3v) is 5.29. The van der Waals surface area contributed by atoms with E-state index in [2.05, 4.69) is 15.5 Å². The molecule has 0 aromatic heterocycles. The standard InChI is InChI=1S/C25H20ClN3O3/c1-15-12-22(32-2)20(26)14-21(15)28-29-23-18-11-7-6-8-16(18)13-19(24(23)30)25(31)27-17-9-4-3-5-10-17/h3-14,30H,1-2H3,(H,27,31). The van der Waals surface area contributed by atoms with Gasteiger partial charge in [0, 0.05) is 11.1 Å². The molecule has 0 unspecified atom stereocenters. The maximum Gasteiger partial charge on any atom is 0.259 e. The molecule has 4 aromatic rings. The first-order chi connectivity index (χ1) is 15.5. The summed E-state index contributed by atoms with van der Waals surface area (Å²) in [6, 6.07) is 21.4. The summed E-state index contributed by atoms with van der Waals surface area (Å²) in [5.74, 6) is -0.159. The molecule has 0 atom stereocenters. The van der Waals surface area contributed by atoms with Crippen molar-refractivity contribution in [3.8, 4) is 11.5 Å². The number of azo groups is 1. The van der Waals surface area contributed by atoms with Crippen molar-refractivity contribution in [1.29, 1.82) is 0 Å². The van der Waals surface area contributed by atoms with Crippen LogP contribution in [0.4, 0.5) is 17.1 Å². The highest BCUT2D eigenvalue weighted by Crippen LogP contribution is 2.40. The number of aryl methyl sites for hydroxylation is 1. The van der Waals surface area contributed by atoms with Gasteiger partial charge < -0.3 is 15.2 Å². The second-order valence-corrected chi connectivity index (χ2v) is 7.54. The number of phenols is 1. The SMILES string of the molecule is COc1cc(C)c(N=Nc2c(O)c(C(=O)Nc3ccccc3)cc3ccccc23)cc1Cl. The van der Waals surface area contributed by atoms with Crippen molar-refractivity contribution >= 4 is 45.3 Å². The number of hydrogen-bond acceptors (Lipinski definition) is 5. The molecule has 7 heteroatoms. The van der Waals surface area contributed by atoms with Crippen LogP contribution in [-0.2, 0) is 0 Å². The zero-order valence-electron chi connectivity index (χ0n) is 17.5. The predicted molar refractivity (Wildman–Crippen MR) is 127 cm³/mol. The summed E-state index contributed by atoms with van der Waals surface area (Å²) >= 11 is 6.22. The van der Waals surface area contributed by atoms with Gasteiger partial charge in [-0.15, -0.1) is 5.11 Å². The molecule has 2 N–H and O–H groups in total. The van der Waals surface area contributed by atoms with Gasteiger partial charge in [-0.25, -0.2) is 0 Å². The van der Waals surface area contributed by atoms with Crippen molar-refractivity contribution in [3.63, 3.8) is 0 Å². The zero-order valence-corrected chi connectivity index (χ0v) is 18.2. The number of aromatic hydroxyl groups is 1. The molecule has 0 radical (unpaired) electrons. The average Bonchev–Trinajstić information content (AvgIpc) is 2.80. The van der Waals surface area contributed by atoms with Crippen LogP contribution in [0.25, 0.3) is 10.8 Å². The zero-order chi connectivity index (χ0) is 22.7. The molecule has 0 heterocycles. The van der Waals surface area contributed by atoms with E-state index in [0.717, 1.165) is 10.9 Å². The lowest BCUT2D eigenvalue weighted by molar-refractivity contribution is 0.102. The average molecular weight is 446 g/mol. The monoisotopic (exact) mass is 445 g/mol. The number of nitrogens with one attached hydrogen (secondary N) is 1. The molecule has 0 aliphatic heterocycles. The van der Waals surface area contributed by atoms with Crippen molar-refractivity contribution in [2.75, 3.05) is 12.4 Å². The maximum absolute atomic E-state index is 12.9. The number of rotatable bonds is 5. The summed E-state index contributed by atoms with van der Waals surface area (Å²) in [5.41, 5.74) is 2.26. The number of fused-ring (bicyclic) bond motifs is 1. The Hall–Kier alpha value is -3.90. The molecule has 4 aromatic carbocycles. The van der Waals surface area contributed by atoms with Gasteiger partial charge in [-0.1, -0.05) is 54.1 Å². The number of amides is 1. The van der Waals surface area contributed by atoms with Crippen LogP contribution in [0.1, 0.15) is 15.9 Å². The van der Waals surface area contributed by atoms with E-state index in [1.165, 1.54) is 7.11 Å². The fourth-order valence-electron chi connectivity index (χ4n) is 3.32. The van der Waals surface area contributed by atoms with E-state index in [-0.39, 0.29) is 17.0 Å². The first-order valence-corrected chi connectivity index (χ1v) is 10.2. The number of para-hydroxylation sites is 1. The van der Waals surface area contributed by atoms with Crippen LogP contribution in [-0.4, -0.2) is 18.1 Å². The van der Waals surface area contributed by atoms with Gasteiger partial charge in [0.2, 0.25) is 0 Å². The normalized spacial score (nSPS) is 11.1. The molecular weight excluding hydrogens is 426 g/mol. The minimum Gasteiger partial charge on any atom is -0.505 e. The molecule has 0 aliphatic rings. The lowest BCUT2D eigenvalue weighted by Gasteiger charge is -2.11. The van der Waals surface area contributed by atoms with Gasteiger partial charge in [-0.05, 0) is 48.2 Å². The third-order valence-electron chi connectivity index (χ3n) is 5.00. The highest BCUT2D eigenvalue weighted by atomic mass is 35.5. The Labute approximate surface area is 190 Å². The molecule has 0 saturated carbocycles. The van der Waals surface area contributed by atoms with Crippen LogP contribution in [0.2, 0.25) is 5.02 Å². The Bertz CT molecular complexity index is 1340. The van der Waals surface area contributed by atoms with Gasteiger partial charge >= 0.3 is 0 Å². The maximum atomic E-state index is 12.9. The van der Waals surface area contributed by atoms with E-state index in [4.69, 9.17) is 16.3 Å². The molecule has 0 bridgehead atoms. The van der Waals surface area contributed by atoms with Crippen molar-refractivity contribution in [2.24, 2.45) is 10.2 Å². The van der Waals surface area contributed by atoms with Gasteiger partial charge in [0.1, 0.15) is 11.4 Å². The number of nitrogens with zero attached hydrogens (tertiary/aromatic N) is 2. The quantitative estimate of drug-likeness (QED) is 0.319. The van der Waals surface area contributed by atoms with Gasteiger partial charge in [-0.3, -0.25) is 4.79 Å². The summed E-state index contributed by atoms with van der Waals surface area (Å²) < 4.78 is 5.22. The Morgan fingerprint density at radius 1 is 1.00 bits per heavy atom. The predicted octanol–water partition coefficient (Wildman–Crippen LogP) is 7.18. The van der Waals surface area contributed by atoms with E-state index >= 15 is 0 Å². The van der Waals surface area contributed by atoms with Crippen molar-refractivity contribution in [3.05, 3.63) is 88.9 Å². The molecule has 1 amide bonds. The topological polar surface area (TPSA) is 83.3 Å². The first-order valence-electron chi connectivity index (χ1n) is 9.85. The van der Waals surface area contributed by atoms with E-state index < -0.39 is 5.91 Å². The van der Waals surface area contributed by atoms with Crippen molar-refractivity contribution in [1.82, 2.24) is 0 Å². The fraction of sp³-hybridized carbons (Fsp3) is 0.0800. The summed E-state index contributed by atoms with van der Waals surface area (Å²) in [7, 11) is 1.54. The van der Waals surface area contributed by atoms with Crippen LogP contribution < -0.4 is 10.1 Å². The van der Waals surface area contributed by atoms with Crippen LogP contribution >= 0.6 is 11.6 Å². The molecule has 4 rings (SSSR count). The molecule has 0 aliphatic carbocycles. The summed E-state index contributed by atoms with van der Waals surface area (Å²) in [6.07, 6.45) is 0. The third kappa shape index (κ3) is 4.26. The number of benzene rings is 4. The minimum atomic E-state index is -0.445. The molecular formula is C25H20ClN3O3. The Kier molecular flexibility index (Phi) is 6.05. The highest BCUT2D eigenvalue weighted by Gasteiger charge is 2.18. The molecule has 32 heavy (non-hydrogen) atoms. The van der Waals surface area contributed by atoms with Crippen LogP contribution in [0, 0.1) is 6.92 Å². The molecule has 6 nitrogen and oxygen atoms in total. The molecule has 0 saturated heterocycles. The van der Waals surface area contributed by atoms with Gasteiger partial charge in [0.25, 0.3) is 5.91 Å². The molecule has 0 spiro atoms. The second-order valence-electron chi connectivity index (χ2n) is 7.14. The van der Waals surface area contributed by atoms with Gasteiger partial charge in [0.15, 0.2) is 5.75 Å². The first kappa shape index (κ1) is 21.3. The second kappa shape index (κ2) is 9.08. The number of ether oxygens (including phenoxy) is 1. The van der Waals surface area contributed by atoms with E-state index in [1.54, 1.807) is 30.3 Å². The number of carbonyl (C=O) groups is 1.